The first-order valence-electron chi connectivity index (χ1n) is 9.11. The van der Waals surface area contributed by atoms with Crippen LogP contribution in [0.5, 0.6) is 0 Å². The Morgan fingerprint density at radius 1 is 1.11 bits per heavy atom. The van der Waals surface area contributed by atoms with Gasteiger partial charge in [0.15, 0.2) is 0 Å². The van der Waals surface area contributed by atoms with Gasteiger partial charge in [-0.15, -0.1) is 0 Å². The zero-order chi connectivity index (χ0) is 19.3. The number of nitrogens with zero attached hydrogens (tertiary/aromatic N) is 3. The molecule has 7 heteroatoms. The van der Waals surface area contributed by atoms with Crippen LogP contribution in [0.15, 0.2) is 60.8 Å². The number of benzene rings is 2. The molecule has 1 aliphatic heterocycles. The lowest BCUT2D eigenvalue weighted by Gasteiger charge is -2.36. The summed E-state index contributed by atoms with van der Waals surface area (Å²) in [5.41, 5.74) is 1.37. The molecule has 1 fully saturated rings. The van der Waals surface area contributed by atoms with Crippen molar-refractivity contribution in [1.29, 1.82) is 0 Å². The lowest BCUT2D eigenvalue weighted by Crippen LogP contribution is -2.40. The number of anilines is 2. The number of ether oxygens (including phenoxy) is 1. The molecule has 0 aliphatic carbocycles. The van der Waals surface area contributed by atoms with E-state index in [1.54, 1.807) is 6.20 Å². The molecule has 4 rings (SSSR count). The second-order valence-electron chi connectivity index (χ2n) is 6.52. The van der Waals surface area contributed by atoms with E-state index in [9.17, 15) is 8.78 Å². The molecular formula is C21H20F2N4O. The van der Waals surface area contributed by atoms with Gasteiger partial charge in [0, 0.05) is 24.8 Å². The van der Waals surface area contributed by atoms with Gasteiger partial charge in [0.25, 0.3) is 0 Å². The van der Waals surface area contributed by atoms with Crippen molar-refractivity contribution >= 4 is 11.8 Å². The Hall–Kier alpha value is -3.06. The monoisotopic (exact) mass is 382 g/mol. The second-order valence-corrected chi connectivity index (χ2v) is 6.52. The van der Waals surface area contributed by atoms with Gasteiger partial charge in [-0.25, -0.2) is 13.8 Å². The number of halogens is 2. The van der Waals surface area contributed by atoms with Crippen LogP contribution >= 0.6 is 0 Å². The fourth-order valence-electron chi connectivity index (χ4n) is 3.28. The van der Waals surface area contributed by atoms with Crippen molar-refractivity contribution in [2.45, 2.75) is 12.6 Å². The van der Waals surface area contributed by atoms with E-state index in [2.05, 4.69) is 32.3 Å². The second kappa shape index (κ2) is 8.31. The Balaban J connectivity index is 1.53. The topological polar surface area (TPSA) is 50.3 Å². The highest BCUT2D eigenvalue weighted by Gasteiger charge is 2.26. The molecule has 0 amide bonds. The van der Waals surface area contributed by atoms with Crippen molar-refractivity contribution < 1.29 is 13.5 Å². The van der Waals surface area contributed by atoms with Crippen molar-refractivity contribution in [3.05, 3.63) is 83.6 Å². The fraction of sp³-hybridized carbons (Fsp3) is 0.238. The number of aromatic nitrogens is 2. The predicted octanol–water partition coefficient (Wildman–Crippen LogP) is 3.94. The summed E-state index contributed by atoms with van der Waals surface area (Å²) in [6.07, 6.45) is 1.66. The molecule has 2 aromatic carbocycles. The summed E-state index contributed by atoms with van der Waals surface area (Å²) in [5, 5.41) is 2.98. The van der Waals surface area contributed by atoms with Crippen LogP contribution in [-0.4, -0.2) is 29.7 Å². The summed E-state index contributed by atoms with van der Waals surface area (Å²) in [7, 11) is 0. The first kappa shape index (κ1) is 18.3. The van der Waals surface area contributed by atoms with Crippen LogP contribution in [0.25, 0.3) is 0 Å². The summed E-state index contributed by atoms with van der Waals surface area (Å²) >= 11 is 0. The highest BCUT2D eigenvalue weighted by molar-refractivity contribution is 5.46. The molecule has 1 atom stereocenters. The van der Waals surface area contributed by atoms with Crippen LogP contribution in [0.3, 0.4) is 0 Å². The molecule has 0 unspecified atom stereocenters. The number of hydrogen-bond acceptors (Lipinski definition) is 5. The van der Waals surface area contributed by atoms with Crippen LogP contribution in [0.2, 0.25) is 0 Å². The highest BCUT2D eigenvalue weighted by Crippen LogP contribution is 2.28. The average molecular weight is 382 g/mol. The molecule has 1 N–H and O–H groups in total. The largest absolute Gasteiger partial charge is 0.377 e. The van der Waals surface area contributed by atoms with E-state index >= 15 is 0 Å². The third kappa shape index (κ3) is 4.09. The van der Waals surface area contributed by atoms with Crippen LogP contribution in [0.1, 0.15) is 17.2 Å². The maximum Gasteiger partial charge on any atom is 0.224 e. The predicted molar refractivity (Wildman–Crippen MR) is 103 cm³/mol. The Bertz CT molecular complexity index is 939. The average Bonchev–Trinajstić information content (AvgIpc) is 2.75. The van der Waals surface area contributed by atoms with Gasteiger partial charge >= 0.3 is 0 Å². The minimum absolute atomic E-state index is 0.0540. The van der Waals surface area contributed by atoms with Gasteiger partial charge < -0.3 is 15.0 Å². The summed E-state index contributed by atoms with van der Waals surface area (Å²) in [5.74, 6) is 0.170. The van der Waals surface area contributed by atoms with E-state index in [1.807, 2.05) is 24.3 Å². The number of rotatable bonds is 5. The van der Waals surface area contributed by atoms with Crippen molar-refractivity contribution in [1.82, 2.24) is 9.97 Å². The van der Waals surface area contributed by atoms with Gasteiger partial charge in [0.2, 0.25) is 5.95 Å². The van der Waals surface area contributed by atoms with Crippen LogP contribution in [0, 0.1) is 11.6 Å². The smallest absolute Gasteiger partial charge is 0.224 e. The number of nitrogens with one attached hydrogen (secondary N) is 1. The van der Waals surface area contributed by atoms with Gasteiger partial charge in [-0.05, 0) is 29.8 Å². The van der Waals surface area contributed by atoms with E-state index in [0.717, 1.165) is 23.5 Å². The molecule has 1 aromatic heterocycles. The van der Waals surface area contributed by atoms with Gasteiger partial charge in [-0.2, -0.15) is 4.98 Å². The summed E-state index contributed by atoms with van der Waals surface area (Å²) < 4.78 is 32.8. The zero-order valence-corrected chi connectivity index (χ0v) is 15.2. The standard InChI is InChI=1S/C21H20F2N4O/c22-17-6-7-18(23)16(12-17)13-25-21-24-9-8-20(26-21)27-10-11-28-14-19(27)15-4-2-1-3-5-15/h1-9,12,19H,10-11,13-14H2,(H,24,25,26)/t19-/m1/s1. The lowest BCUT2D eigenvalue weighted by atomic mass is 10.1. The zero-order valence-electron chi connectivity index (χ0n) is 15.2. The van der Waals surface area contributed by atoms with Crippen molar-refractivity contribution in [2.24, 2.45) is 0 Å². The Morgan fingerprint density at radius 2 is 1.96 bits per heavy atom. The quantitative estimate of drug-likeness (QED) is 0.724. The van der Waals surface area contributed by atoms with Crippen LogP contribution in [0.4, 0.5) is 20.5 Å². The van der Waals surface area contributed by atoms with Gasteiger partial charge in [-0.3, -0.25) is 0 Å². The fourth-order valence-corrected chi connectivity index (χ4v) is 3.28. The molecule has 28 heavy (non-hydrogen) atoms. The maximum absolute atomic E-state index is 13.8. The first-order chi connectivity index (χ1) is 13.7. The minimum Gasteiger partial charge on any atom is -0.377 e. The molecule has 3 aromatic rings. The minimum atomic E-state index is -0.480. The lowest BCUT2D eigenvalue weighted by molar-refractivity contribution is 0.0937. The molecule has 0 spiro atoms. The molecule has 1 saturated heterocycles. The van der Waals surface area contributed by atoms with Crippen molar-refractivity contribution in [3.8, 4) is 0 Å². The van der Waals surface area contributed by atoms with E-state index < -0.39 is 11.6 Å². The molecule has 5 nitrogen and oxygen atoms in total. The van der Waals surface area contributed by atoms with Gasteiger partial charge in [0.1, 0.15) is 17.5 Å². The third-order valence-electron chi connectivity index (χ3n) is 4.69. The molecule has 1 aliphatic rings. The SMILES string of the molecule is Fc1ccc(F)c(CNc2nccc(N3CCOC[C@@H]3c3ccccc3)n2)c1. The first-order valence-corrected chi connectivity index (χ1v) is 9.11. The van der Waals surface area contributed by atoms with Crippen LogP contribution in [-0.2, 0) is 11.3 Å². The Morgan fingerprint density at radius 3 is 2.82 bits per heavy atom. The van der Waals surface area contributed by atoms with E-state index in [1.165, 1.54) is 6.07 Å². The maximum atomic E-state index is 13.8. The Labute approximate surface area is 162 Å². The van der Waals surface area contributed by atoms with Gasteiger partial charge in [-0.1, -0.05) is 30.3 Å². The molecule has 144 valence electrons. The molecule has 0 radical (unpaired) electrons. The number of hydrogen-bond donors (Lipinski definition) is 1. The normalized spacial score (nSPS) is 16.8. The molecule has 0 saturated carbocycles. The van der Waals surface area contributed by atoms with Gasteiger partial charge in [0.05, 0.1) is 19.3 Å². The molecule has 2 heterocycles. The molecular weight excluding hydrogens is 362 g/mol. The number of morpholine rings is 1. The van der Waals surface area contributed by atoms with E-state index in [0.29, 0.717) is 25.7 Å². The molecule has 0 bridgehead atoms. The van der Waals surface area contributed by atoms with E-state index in [4.69, 9.17) is 4.74 Å². The summed E-state index contributed by atoms with van der Waals surface area (Å²) in [6.45, 7) is 1.99. The van der Waals surface area contributed by atoms with Crippen molar-refractivity contribution in [3.63, 3.8) is 0 Å². The highest BCUT2D eigenvalue weighted by atomic mass is 19.1. The van der Waals surface area contributed by atoms with Crippen LogP contribution < -0.4 is 10.2 Å². The summed E-state index contributed by atoms with van der Waals surface area (Å²) in [4.78, 5) is 10.9. The van der Waals surface area contributed by atoms with Crippen molar-refractivity contribution in [2.75, 3.05) is 30.0 Å². The van der Waals surface area contributed by atoms with E-state index in [-0.39, 0.29) is 18.2 Å². The Kier molecular flexibility index (Phi) is 5.43. The summed E-state index contributed by atoms with van der Waals surface area (Å²) in [6, 6.07) is 15.4. The third-order valence-corrected chi connectivity index (χ3v) is 4.69.